The van der Waals surface area contributed by atoms with Crippen LogP contribution in [0.5, 0.6) is 0 Å². The van der Waals surface area contributed by atoms with Crippen LogP contribution in [0.25, 0.3) is 0 Å². The summed E-state index contributed by atoms with van der Waals surface area (Å²) < 4.78 is 10.5. The minimum atomic E-state index is -1.44. The molecule has 4 N–H and O–H groups in total. The summed E-state index contributed by atoms with van der Waals surface area (Å²) in [5, 5.41) is 38.5. The fourth-order valence-electron chi connectivity index (χ4n) is 3.07. The van der Waals surface area contributed by atoms with E-state index in [4.69, 9.17) is 14.6 Å². The van der Waals surface area contributed by atoms with Crippen LogP contribution in [0.4, 0.5) is 0 Å². The van der Waals surface area contributed by atoms with Crippen molar-refractivity contribution >= 4 is 0 Å². The maximum absolute atomic E-state index is 10.00. The molecule has 1 unspecified atom stereocenters. The first kappa shape index (κ1) is 21.8. The van der Waals surface area contributed by atoms with Crippen LogP contribution in [0, 0.1) is 0 Å². The normalized spacial score (nSPS) is 30.6. The van der Waals surface area contributed by atoms with Crippen LogP contribution in [0.3, 0.4) is 0 Å². The van der Waals surface area contributed by atoms with Gasteiger partial charge in [0.15, 0.2) is 6.29 Å². The van der Waals surface area contributed by atoms with Gasteiger partial charge in [-0.05, 0) is 6.42 Å². The van der Waals surface area contributed by atoms with Crippen molar-refractivity contribution in [3.8, 4) is 0 Å². The predicted molar refractivity (Wildman–Crippen MR) is 91.6 cm³/mol. The second kappa shape index (κ2) is 13.0. The van der Waals surface area contributed by atoms with Gasteiger partial charge in [-0.3, -0.25) is 0 Å². The summed E-state index contributed by atoms with van der Waals surface area (Å²) in [5.41, 5.74) is 0. The highest BCUT2D eigenvalue weighted by Crippen LogP contribution is 2.22. The van der Waals surface area contributed by atoms with E-state index in [9.17, 15) is 15.3 Å². The molecule has 6 heteroatoms. The number of aliphatic hydroxyl groups is 4. The Morgan fingerprint density at radius 1 is 0.792 bits per heavy atom. The molecule has 6 nitrogen and oxygen atoms in total. The van der Waals surface area contributed by atoms with Crippen molar-refractivity contribution in [2.24, 2.45) is 0 Å². The molecule has 1 rings (SSSR count). The molecule has 0 saturated carbocycles. The Morgan fingerprint density at radius 3 is 1.88 bits per heavy atom. The molecule has 1 aliphatic heterocycles. The fraction of sp³-hybridized carbons (Fsp3) is 1.00. The molecule has 0 amide bonds. The number of hydrogen-bond acceptors (Lipinski definition) is 6. The van der Waals surface area contributed by atoms with E-state index in [1.807, 2.05) is 0 Å². The van der Waals surface area contributed by atoms with Gasteiger partial charge in [0.05, 0.1) is 6.61 Å². The molecule has 1 saturated heterocycles. The molecule has 1 aliphatic rings. The Balaban J connectivity index is 2.05. The molecule has 24 heavy (non-hydrogen) atoms. The minimum absolute atomic E-state index is 0.417. The summed E-state index contributed by atoms with van der Waals surface area (Å²) in [4.78, 5) is 0. The number of aliphatic hydroxyl groups excluding tert-OH is 4. The molecule has 0 spiro atoms. The summed E-state index contributed by atoms with van der Waals surface area (Å²) in [6.45, 7) is 2.22. The molecule has 1 heterocycles. The highest BCUT2D eigenvalue weighted by molar-refractivity contribution is 4.89. The standard InChI is InChI=1S/C18H36O6/c1-2-3-4-5-6-7-8-9-10-11-12-23-17-15(20)14(13-19)24-18(22)16(17)21/h14-22H,2-13H2,1H3/t14-,15-,16-,17+,18?/m1/s1. The third kappa shape index (κ3) is 7.76. The van der Waals surface area contributed by atoms with Crippen LogP contribution in [0.1, 0.15) is 71.1 Å². The van der Waals surface area contributed by atoms with Gasteiger partial charge in [-0.15, -0.1) is 0 Å². The van der Waals surface area contributed by atoms with Crippen LogP contribution < -0.4 is 0 Å². The zero-order valence-electron chi connectivity index (χ0n) is 15.0. The zero-order chi connectivity index (χ0) is 17.8. The van der Waals surface area contributed by atoms with E-state index in [1.165, 1.54) is 44.9 Å². The van der Waals surface area contributed by atoms with Crippen molar-refractivity contribution < 1.29 is 29.9 Å². The van der Waals surface area contributed by atoms with Crippen LogP contribution >= 0.6 is 0 Å². The molecule has 0 radical (unpaired) electrons. The molecule has 5 atom stereocenters. The van der Waals surface area contributed by atoms with Crippen molar-refractivity contribution in [2.45, 2.75) is 102 Å². The van der Waals surface area contributed by atoms with Crippen LogP contribution in [0.15, 0.2) is 0 Å². The minimum Gasteiger partial charge on any atom is -0.394 e. The predicted octanol–water partition coefficient (Wildman–Crippen LogP) is 1.72. The number of ether oxygens (including phenoxy) is 2. The third-order valence-electron chi connectivity index (χ3n) is 4.65. The van der Waals surface area contributed by atoms with Crippen LogP contribution in [-0.4, -0.2) is 64.3 Å². The first-order chi connectivity index (χ1) is 11.6. The largest absolute Gasteiger partial charge is 0.394 e. The van der Waals surface area contributed by atoms with Gasteiger partial charge >= 0.3 is 0 Å². The molecule has 0 aliphatic carbocycles. The maximum atomic E-state index is 10.00. The molecular weight excluding hydrogens is 312 g/mol. The highest BCUT2D eigenvalue weighted by atomic mass is 16.6. The average molecular weight is 348 g/mol. The summed E-state index contributed by atoms with van der Waals surface area (Å²) in [6, 6.07) is 0. The Hall–Kier alpha value is -0.240. The van der Waals surface area contributed by atoms with Crippen molar-refractivity contribution in [3.05, 3.63) is 0 Å². The van der Waals surface area contributed by atoms with Gasteiger partial charge in [0.1, 0.15) is 24.4 Å². The monoisotopic (exact) mass is 348 g/mol. The van der Waals surface area contributed by atoms with E-state index in [0.29, 0.717) is 6.61 Å². The second-order valence-corrected chi connectivity index (χ2v) is 6.75. The molecule has 144 valence electrons. The quantitative estimate of drug-likeness (QED) is 0.378. The van der Waals surface area contributed by atoms with Crippen LogP contribution in [0.2, 0.25) is 0 Å². The van der Waals surface area contributed by atoms with Crippen LogP contribution in [-0.2, 0) is 9.47 Å². The summed E-state index contributed by atoms with van der Waals surface area (Å²) >= 11 is 0. The van der Waals surface area contributed by atoms with Gasteiger partial charge in [-0.1, -0.05) is 64.7 Å². The summed E-state index contributed by atoms with van der Waals surface area (Å²) in [6.07, 6.45) is 6.48. The van der Waals surface area contributed by atoms with E-state index < -0.39 is 37.3 Å². The molecule has 0 aromatic rings. The highest BCUT2D eigenvalue weighted by Gasteiger charge is 2.44. The van der Waals surface area contributed by atoms with Crippen molar-refractivity contribution in [1.29, 1.82) is 0 Å². The number of hydrogen-bond donors (Lipinski definition) is 4. The van der Waals surface area contributed by atoms with E-state index in [-0.39, 0.29) is 0 Å². The Bertz CT molecular complexity index is 301. The third-order valence-corrected chi connectivity index (χ3v) is 4.65. The number of rotatable bonds is 13. The lowest BCUT2D eigenvalue weighted by Gasteiger charge is -2.39. The summed E-state index contributed by atoms with van der Waals surface area (Å²) in [5.74, 6) is 0. The Labute approximate surface area is 145 Å². The van der Waals surface area contributed by atoms with E-state index in [0.717, 1.165) is 19.3 Å². The van der Waals surface area contributed by atoms with E-state index in [2.05, 4.69) is 6.92 Å². The fourth-order valence-corrected chi connectivity index (χ4v) is 3.07. The van der Waals surface area contributed by atoms with Gasteiger partial charge in [-0.25, -0.2) is 0 Å². The van der Waals surface area contributed by atoms with E-state index in [1.54, 1.807) is 0 Å². The zero-order valence-corrected chi connectivity index (χ0v) is 15.0. The lowest BCUT2D eigenvalue weighted by molar-refractivity contribution is -0.294. The van der Waals surface area contributed by atoms with Crippen molar-refractivity contribution in [3.63, 3.8) is 0 Å². The first-order valence-electron chi connectivity index (χ1n) is 9.54. The van der Waals surface area contributed by atoms with Gasteiger partial charge in [0.25, 0.3) is 0 Å². The van der Waals surface area contributed by atoms with E-state index >= 15 is 0 Å². The van der Waals surface area contributed by atoms with Gasteiger partial charge < -0.3 is 29.9 Å². The Kier molecular flexibility index (Phi) is 11.8. The molecular formula is C18H36O6. The Morgan fingerprint density at radius 2 is 1.33 bits per heavy atom. The topological polar surface area (TPSA) is 99.4 Å². The lowest BCUT2D eigenvalue weighted by atomic mass is 9.99. The van der Waals surface area contributed by atoms with Gasteiger partial charge in [-0.2, -0.15) is 0 Å². The SMILES string of the molecule is CCCCCCCCCCCCO[C@H]1[C@H](O)[C@@H](CO)OC(O)[C@@H]1O. The smallest absolute Gasteiger partial charge is 0.184 e. The lowest BCUT2D eigenvalue weighted by Crippen LogP contribution is -2.59. The molecule has 0 aromatic carbocycles. The summed E-state index contributed by atoms with van der Waals surface area (Å²) in [7, 11) is 0. The molecule has 0 aromatic heterocycles. The van der Waals surface area contributed by atoms with Crippen molar-refractivity contribution in [1.82, 2.24) is 0 Å². The first-order valence-corrected chi connectivity index (χ1v) is 9.54. The average Bonchev–Trinajstić information content (AvgIpc) is 2.58. The molecule has 0 bridgehead atoms. The maximum Gasteiger partial charge on any atom is 0.184 e. The van der Waals surface area contributed by atoms with Gasteiger partial charge in [0, 0.05) is 6.61 Å². The number of unbranched alkanes of at least 4 members (excludes halogenated alkanes) is 9. The van der Waals surface area contributed by atoms with Crippen molar-refractivity contribution in [2.75, 3.05) is 13.2 Å². The van der Waals surface area contributed by atoms with Gasteiger partial charge in [0.2, 0.25) is 0 Å². The molecule has 1 fully saturated rings. The second-order valence-electron chi connectivity index (χ2n) is 6.75.